The molecule has 0 aliphatic rings. The molecule has 13 heavy (non-hydrogen) atoms. The highest BCUT2D eigenvalue weighted by Crippen LogP contribution is 2.33. The van der Waals surface area contributed by atoms with Crippen LogP contribution in [-0.4, -0.2) is 10.2 Å². The summed E-state index contributed by atoms with van der Waals surface area (Å²) in [6.07, 6.45) is -3.43. The van der Waals surface area contributed by atoms with E-state index in [9.17, 15) is 13.2 Å². The molecule has 1 atom stereocenters. The third-order valence-electron chi connectivity index (χ3n) is 1.60. The molecule has 1 aromatic heterocycles. The van der Waals surface area contributed by atoms with Crippen molar-refractivity contribution in [3.8, 4) is 0 Å². The Morgan fingerprint density at radius 1 is 1.62 bits per heavy atom. The first-order valence-corrected chi connectivity index (χ1v) is 3.44. The van der Waals surface area contributed by atoms with Crippen LogP contribution in [0.4, 0.5) is 13.2 Å². The predicted molar refractivity (Wildman–Crippen MR) is 38.6 cm³/mol. The van der Waals surface area contributed by atoms with Crippen LogP contribution in [-0.2, 0) is 6.18 Å². The molecule has 0 radical (unpaired) electrons. The Kier molecular flexibility index (Phi) is 2.28. The Bertz CT molecular complexity index is 333. The average molecular weight is 189 g/mol. The van der Waals surface area contributed by atoms with Crippen LogP contribution in [0.5, 0.6) is 0 Å². The van der Waals surface area contributed by atoms with Gasteiger partial charge in [0.2, 0.25) is 6.04 Å². The lowest BCUT2D eigenvalue weighted by molar-refractivity contribution is -0.141. The van der Waals surface area contributed by atoms with Gasteiger partial charge in [0.15, 0.2) is 5.69 Å². The van der Waals surface area contributed by atoms with Gasteiger partial charge in [0.1, 0.15) is 0 Å². The standard InChI is InChI=1S/C7H6F3N3/c1-4(11-2)5-3-12-13-6(5)7(8,9)10/h3-4H,1H3,(H,12,13). The monoisotopic (exact) mass is 189 g/mol. The number of halogens is 3. The molecule has 0 aromatic carbocycles. The third-order valence-corrected chi connectivity index (χ3v) is 1.60. The molecule has 0 amide bonds. The summed E-state index contributed by atoms with van der Waals surface area (Å²) in [7, 11) is 0. The van der Waals surface area contributed by atoms with Gasteiger partial charge in [0.05, 0.1) is 11.8 Å². The Morgan fingerprint density at radius 2 is 2.23 bits per heavy atom. The summed E-state index contributed by atoms with van der Waals surface area (Å²) in [4.78, 5) is 3.00. The number of nitrogens with one attached hydrogen (secondary N) is 1. The molecule has 0 saturated heterocycles. The van der Waals surface area contributed by atoms with Crippen molar-refractivity contribution in [2.45, 2.75) is 19.1 Å². The molecule has 3 nitrogen and oxygen atoms in total. The summed E-state index contributed by atoms with van der Waals surface area (Å²) in [5.41, 5.74) is -1.04. The summed E-state index contributed by atoms with van der Waals surface area (Å²) in [6.45, 7) is 8.00. The Labute approximate surface area is 72.4 Å². The fourth-order valence-electron chi connectivity index (χ4n) is 0.909. The predicted octanol–water partition coefficient (Wildman–Crippen LogP) is 2.41. The number of H-pyrrole nitrogens is 1. The van der Waals surface area contributed by atoms with Crippen molar-refractivity contribution in [2.75, 3.05) is 0 Å². The Balaban J connectivity index is 3.12. The normalized spacial score (nSPS) is 13.8. The van der Waals surface area contributed by atoms with Crippen LogP contribution in [0, 0.1) is 6.57 Å². The first-order valence-electron chi connectivity index (χ1n) is 3.44. The van der Waals surface area contributed by atoms with Crippen LogP contribution >= 0.6 is 0 Å². The summed E-state index contributed by atoms with van der Waals surface area (Å²) < 4.78 is 36.6. The van der Waals surface area contributed by atoms with Gasteiger partial charge in [-0.25, -0.2) is 6.57 Å². The fourth-order valence-corrected chi connectivity index (χ4v) is 0.909. The lowest BCUT2D eigenvalue weighted by Gasteiger charge is -2.05. The minimum Gasteiger partial charge on any atom is -0.309 e. The van der Waals surface area contributed by atoms with E-state index in [0.29, 0.717) is 0 Å². The molecule has 1 aromatic rings. The molecule has 0 spiro atoms. The first-order chi connectivity index (χ1) is 5.96. The fraction of sp³-hybridized carbons (Fsp3) is 0.429. The van der Waals surface area contributed by atoms with Crippen LogP contribution in [0.3, 0.4) is 0 Å². The van der Waals surface area contributed by atoms with Gasteiger partial charge >= 0.3 is 6.18 Å². The Hall–Kier alpha value is -1.51. The smallest absolute Gasteiger partial charge is 0.309 e. The zero-order chi connectivity index (χ0) is 10.1. The SMILES string of the molecule is [C-]#[N+]C(C)c1cn[nH]c1C(F)(F)F. The molecule has 0 aliphatic heterocycles. The number of aromatic nitrogens is 2. The first kappa shape index (κ1) is 9.58. The van der Waals surface area contributed by atoms with Gasteiger partial charge in [-0.05, 0) is 0 Å². The van der Waals surface area contributed by atoms with Gasteiger partial charge in [-0.3, -0.25) is 5.10 Å². The quantitative estimate of drug-likeness (QED) is 0.676. The van der Waals surface area contributed by atoms with E-state index in [0.717, 1.165) is 6.20 Å². The molecular weight excluding hydrogens is 183 g/mol. The third kappa shape index (κ3) is 1.80. The molecule has 1 rings (SSSR count). The highest BCUT2D eigenvalue weighted by molar-refractivity contribution is 5.24. The van der Waals surface area contributed by atoms with E-state index in [2.05, 4.69) is 9.94 Å². The second-order valence-electron chi connectivity index (χ2n) is 2.50. The average Bonchev–Trinajstić information content (AvgIpc) is 2.49. The second-order valence-corrected chi connectivity index (χ2v) is 2.50. The van der Waals surface area contributed by atoms with Crippen LogP contribution < -0.4 is 0 Å². The number of alkyl halides is 3. The zero-order valence-electron chi connectivity index (χ0n) is 6.68. The molecule has 0 bridgehead atoms. The van der Waals surface area contributed by atoms with Crippen molar-refractivity contribution < 1.29 is 13.2 Å². The number of hydrogen-bond donors (Lipinski definition) is 1. The van der Waals surface area contributed by atoms with E-state index >= 15 is 0 Å². The maximum absolute atomic E-state index is 12.2. The van der Waals surface area contributed by atoms with Crippen molar-refractivity contribution in [1.82, 2.24) is 10.2 Å². The molecule has 1 N–H and O–H groups in total. The maximum Gasteiger partial charge on any atom is 0.433 e. The Morgan fingerprint density at radius 3 is 2.69 bits per heavy atom. The van der Waals surface area contributed by atoms with Crippen molar-refractivity contribution >= 4 is 0 Å². The second kappa shape index (κ2) is 3.09. The van der Waals surface area contributed by atoms with Crippen LogP contribution in [0.1, 0.15) is 24.2 Å². The van der Waals surface area contributed by atoms with Gasteiger partial charge in [0.25, 0.3) is 0 Å². The van der Waals surface area contributed by atoms with Gasteiger partial charge in [-0.15, -0.1) is 0 Å². The van der Waals surface area contributed by atoms with Crippen molar-refractivity contribution in [3.05, 3.63) is 28.9 Å². The van der Waals surface area contributed by atoms with Crippen LogP contribution in [0.15, 0.2) is 6.20 Å². The summed E-state index contributed by atoms with van der Waals surface area (Å²) in [5, 5.41) is 5.11. The highest BCUT2D eigenvalue weighted by Gasteiger charge is 2.38. The minimum atomic E-state index is -4.47. The minimum absolute atomic E-state index is 0.109. The molecule has 0 aliphatic carbocycles. The van der Waals surface area contributed by atoms with Crippen molar-refractivity contribution in [2.24, 2.45) is 0 Å². The van der Waals surface area contributed by atoms with Crippen LogP contribution in [0.2, 0.25) is 0 Å². The van der Waals surface area contributed by atoms with E-state index < -0.39 is 17.9 Å². The maximum atomic E-state index is 12.2. The lowest BCUT2D eigenvalue weighted by atomic mass is 10.1. The molecule has 1 heterocycles. The van der Waals surface area contributed by atoms with E-state index in [1.54, 1.807) is 0 Å². The van der Waals surface area contributed by atoms with Gasteiger partial charge < -0.3 is 4.85 Å². The van der Waals surface area contributed by atoms with E-state index in [1.807, 2.05) is 5.10 Å². The number of hydrogen-bond acceptors (Lipinski definition) is 1. The number of aromatic amines is 1. The molecule has 0 saturated carbocycles. The van der Waals surface area contributed by atoms with Gasteiger partial charge in [-0.2, -0.15) is 18.3 Å². The van der Waals surface area contributed by atoms with Gasteiger partial charge in [-0.1, -0.05) is 0 Å². The largest absolute Gasteiger partial charge is 0.433 e. The van der Waals surface area contributed by atoms with E-state index in [-0.39, 0.29) is 5.56 Å². The molecular formula is C7H6F3N3. The van der Waals surface area contributed by atoms with Crippen molar-refractivity contribution in [1.29, 1.82) is 0 Å². The van der Waals surface area contributed by atoms with Gasteiger partial charge in [0, 0.05) is 6.92 Å². The molecule has 70 valence electrons. The van der Waals surface area contributed by atoms with E-state index in [4.69, 9.17) is 6.57 Å². The summed E-state index contributed by atoms with van der Waals surface area (Å²) >= 11 is 0. The lowest BCUT2D eigenvalue weighted by Crippen LogP contribution is -2.09. The zero-order valence-corrected chi connectivity index (χ0v) is 6.68. The molecule has 0 fully saturated rings. The molecule has 1 unspecified atom stereocenters. The van der Waals surface area contributed by atoms with Crippen molar-refractivity contribution in [3.63, 3.8) is 0 Å². The summed E-state index contributed by atoms with van der Waals surface area (Å²) in [6, 6.07) is -0.824. The highest BCUT2D eigenvalue weighted by atomic mass is 19.4. The van der Waals surface area contributed by atoms with Crippen LogP contribution in [0.25, 0.3) is 4.85 Å². The molecule has 6 heteroatoms. The number of rotatable bonds is 1. The summed E-state index contributed by atoms with van der Waals surface area (Å²) in [5.74, 6) is 0. The number of nitrogens with zero attached hydrogens (tertiary/aromatic N) is 2. The topological polar surface area (TPSA) is 33.0 Å². The van der Waals surface area contributed by atoms with E-state index in [1.165, 1.54) is 6.92 Å².